The lowest BCUT2D eigenvalue weighted by molar-refractivity contribution is -0.144. The molecule has 0 saturated carbocycles. The fourth-order valence-corrected chi connectivity index (χ4v) is 3.96. The highest BCUT2D eigenvalue weighted by atomic mass is 35.5. The smallest absolute Gasteiger partial charge is 0.269 e. The number of aromatic nitrogens is 4. The largest absolute Gasteiger partial charge is 0.433 e. The van der Waals surface area contributed by atoms with Crippen molar-refractivity contribution in [2.45, 2.75) is 32.5 Å². The first-order valence-corrected chi connectivity index (χ1v) is 8.53. The van der Waals surface area contributed by atoms with Gasteiger partial charge in [-0.25, -0.2) is 4.98 Å². The van der Waals surface area contributed by atoms with Crippen LogP contribution in [0, 0.1) is 18.3 Å². The lowest BCUT2D eigenvalue weighted by Gasteiger charge is -2.10. The molecule has 1 atom stereocenters. The molecule has 3 aromatic heterocycles. The Balaban J connectivity index is 2.10. The number of thiazole rings is 1. The van der Waals surface area contributed by atoms with E-state index >= 15 is 0 Å². The van der Waals surface area contributed by atoms with Gasteiger partial charge in [-0.15, -0.1) is 11.3 Å². The molecule has 0 N–H and O–H groups in total. The van der Waals surface area contributed by atoms with Gasteiger partial charge in [0.2, 0.25) is 0 Å². The van der Waals surface area contributed by atoms with Gasteiger partial charge in [-0.2, -0.15) is 23.5 Å². The van der Waals surface area contributed by atoms with Gasteiger partial charge in [0.25, 0.3) is 5.56 Å². The van der Waals surface area contributed by atoms with Crippen molar-refractivity contribution in [1.29, 1.82) is 5.26 Å². The first-order valence-electron chi connectivity index (χ1n) is 7.34. The molecule has 1 unspecified atom stereocenters. The van der Waals surface area contributed by atoms with Crippen molar-refractivity contribution in [3.8, 4) is 6.07 Å². The summed E-state index contributed by atoms with van der Waals surface area (Å²) in [5.74, 6) is -0.518. The molecule has 0 spiro atoms. The zero-order chi connectivity index (χ0) is 19.2. The highest BCUT2D eigenvalue weighted by Crippen LogP contribution is 2.31. The van der Waals surface area contributed by atoms with Crippen LogP contribution in [0.5, 0.6) is 0 Å². The summed E-state index contributed by atoms with van der Waals surface area (Å²) in [7, 11) is 0. The van der Waals surface area contributed by atoms with Crippen LogP contribution in [0.15, 0.2) is 16.9 Å². The van der Waals surface area contributed by atoms with E-state index in [1.54, 1.807) is 13.8 Å². The van der Waals surface area contributed by atoms with E-state index < -0.39 is 23.3 Å². The van der Waals surface area contributed by atoms with Gasteiger partial charge in [-0.3, -0.25) is 13.9 Å². The van der Waals surface area contributed by atoms with Crippen molar-refractivity contribution < 1.29 is 13.2 Å². The maximum atomic E-state index is 13.0. The predicted octanol–water partition coefficient (Wildman–Crippen LogP) is 3.61. The van der Waals surface area contributed by atoms with Gasteiger partial charge in [0, 0.05) is 17.0 Å². The van der Waals surface area contributed by atoms with Crippen LogP contribution < -0.4 is 5.56 Å². The standard InChI is InChI=1S/C15H11ClF3N5OS/c1-7(5-20)13-8(2)26-14-21-9(3-12(25)24(13)14)6-23-10(15(17,18)19)4-11(16)22-23/h3-4,7H,6H2,1-2H3. The van der Waals surface area contributed by atoms with Crippen LogP contribution in [-0.4, -0.2) is 19.2 Å². The Morgan fingerprint density at radius 2 is 2.12 bits per heavy atom. The predicted molar refractivity (Wildman–Crippen MR) is 89.4 cm³/mol. The summed E-state index contributed by atoms with van der Waals surface area (Å²) in [5, 5.41) is 12.4. The number of aryl methyl sites for hydroxylation is 1. The average molecular weight is 402 g/mol. The highest BCUT2D eigenvalue weighted by Gasteiger charge is 2.35. The van der Waals surface area contributed by atoms with Crippen molar-refractivity contribution in [3.63, 3.8) is 0 Å². The Bertz CT molecular complexity index is 1090. The lowest BCUT2D eigenvalue weighted by Crippen LogP contribution is -2.20. The number of alkyl halides is 3. The number of rotatable bonds is 3. The van der Waals surface area contributed by atoms with Crippen LogP contribution >= 0.6 is 22.9 Å². The van der Waals surface area contributed by atoms with Gasteiger partial charge in [-0.05, 0) is 13.8 Å². The molecule has 0 aliphatic heterocycles. The molecule has 136 valence electrons. The fraction of sp³-hybridized carbons (Fsp3) is 0.333. The van der Waals surface area contributed by atoms with E-state index in [1.165, 1.54) is 15.7 Å². The molecule has 0 radical (unpaired) electrons. The minimum Gasteiger partial charge on any atom is -0.269 e. The van der Waals surface area contributed by atoms with Crippen LogP contribution in [0.4, 0.5) is 13.2 Å². The van der Waals surface area contributed by atoms with Gasteiger partial charge < -0.3 is 0 Å². The lowest BCUT2D eigenvalue weighted by atomic mass is 10.1. The molecular weight excluding hydrogens is 391 g/mol. The van der Waals surface area contributed by atoms with E-state index in [0.717, 1.165) is 17.0 Å². The molecule has 26 heavy (non-hydrogen) atoms. The SMILES string of the molecule is Cc1sc2nc(Cn3nc(Cl)cc3C(F)(F)F)cc(=O)n2c1C(C)C#N. The fourth-order valence-electron chi connectivity index (χ4n) is 2.67. The summed E-state index contributed by atoms with van der Waals surface area (Å²) in [6.45, 7) is 3.07. The molecule has 0 bridgehead atoms. The Morgan fingerprint density at radius 3 is 2.73 bits per heavy atom. The van der Waals surface area contributed by atoms with Crippen molar-refractivity contribution in [2.24, 2.45) is 0 Å². The minimum atomic E-state index is -4.63. The normalized spacial score (nSPS) is 13.1. The summed E-state index contributed by atoms with van der Waals surface area (Å²) >= 11 is 6.79. The number of nitriles is 1. The molecule has 3 aromatic rings. The van der Waals surface area contributed by atoms with Crippen LogP contribution in [0.25, 0.3) is 4.96 Å². The third kappa shape index (κ3) is 3.20. The van der Waals surface area contributed by atoms with E-state index in [1.807, 2.05) is 0 Å². The molecule has 0 saturated heterocycles. The quantitative estimate of drug-likeness (QED) is 0.671. The van der Waals surface area contributed by atoms with Crippen LogP contribution in [0.1, 0.15) is 34.8 Å². The zero-order valence-electron chi connectivity index (χ0n) is 13.5. The Hall–Kier alpha value is -2.38. The van der Waals surface area contributed by atoms with Crippen LogP contribution in [0.3, 0.4) is 0 Å². The molecule has 3 heterocycles. The molecule has 11 heteroatoms. The summed E-state index contributed by atoms with van der Waals surface area (Å²) in [6.07, 6.45) is -4.63. The van der Waals surface area contributed by atoms with Crippen molar-refractivity contribution in [1.82, 2.24) is 19.2 Å². The highest BCUT2D eigenvalue weighted by molar-refractivity contribution is 7.17. The number of fused-ring (bicyclic) bond motifs is 1. The van der Waals surface area contributed by atoms with E-state index in [0.29, 0.717) is 15.3 Å². The first kappa shape index (κ1) is 18.4. The average Bonchev–Trinajstić information content (AvgIpc) is 3.06. The summed E-state index contributed by atoms with van der Waals surface area (Å²) in [5.41, 5.74) is -0.823. The Labute approximate surface area is 154 Å². The van der Waals surface area contributed by atoms with Gasteiger partial charge in [0.15, 0.2) is 10.1 Å². The molecule has 6 nitrogen and oxygen atoms in total. The maximum absolute atomic E-state index is 13.0. The monoisotopic (exact) mass is 401 g/mol. The van der Waals surface area contributed by atoms with Crippen molar-refractivity contribution in [3.05, 3.63) is 49.6 Å². The van der Waals surface area contributed by atoms with Crippen molar-refractivity contribution in [2.75, 3.05) is 0 Å². The van der Waals surface area contributed by atoms with E-state index in [4.69, 9.17) is 16.9 Å². The molecule has 0 aliphatic rings. The number of nitrogens with zero attached hydrogens (tertiary/aromatic N) is 5. The minimum absolute atomic E-state index is 0.123. The number of hydrogen-bond acceptors (Lipinski definition) is 5. The number of hydrogen-bond donors (Lipinski definition) is 0. The summed E-state index contributed by atoms with van der Waals surface area (Å²) < 4.78 is 41.1. The van der Waals surface area contributed by atoms with E-state index in [9.17, 15) is 18.0 Å². The van der Waals surface area contributed by atoms with Gasteiger partial charge in [0.05, 0.1) is 29.9 Å². The molecule has 0 aromatic carbocycles. The Morgan fingerprint density at radius 1 is 1.42 bits per heavy atom. The molecule has 0 fully saturated rings. The van der Waals surface area contributed by atoms with Gasteiger partial charge >= 0.3 is 6.18 Å². The van der Waals surface area contributed by atoms with Gasteiger partial charge in [-0.1, -0.05) is 11.6 Å². The number of halogens is 4. The zero-order valence-corrected chi connectivity index (χ0v) is 15.1. The molecule has 0 aliphatic carbocycles. The molecule has 3 rings (SSSR count). The third-order valence-corrected chi connectivity index (χ3v) is 4.90. The second-order valence-corrected chi connectivity index (χ2v) is 7.17. The maximum Gasteiger partial charge on any atom is 0.433 e. The van der Waals surface area contributed by atoms with Crippen LogP contribution in [0.2, 0.25) is 5.15 Å². The molecule has 0 amide bonds. The summed E-state index contributed by atoms with van der Waals surface area (Å²) in [4.78, 5) is 17.8. The Kier molecular flexibility index (Phi) is 4.54. The van der Waals surface area contributed by atoms with E-state index in [2.05, 4.69) is 16.2 Å². The van der Waals surface area contributed by atoms with E-state index in [-0.39, 0.29) is 17.4 Å². The van der Waals surface area contributed by atoms with Crippen molar-refractivity contribution >= 4 is 27.9 Å². The topological polar surface area (TPSA) is 76.0 Å². The first-order chi connectivity index (χ1) is 12.1. The second-order valence-electron chi connectivity index (χ2n) is 5.61. The van der Waals surface area contributed by atoms with Crippen LogP contribution in [-0.2, 0) is 12.7 Å². The van der Waals surface area contributed by atoms with Gasteiger partial charge in [0.1, 0.15) is 5.69 Å². The summed E-state index contributed by atoms with van der Waals surface area (Å²) in [6, 6.07) is 3.93. The molecular formula is C15H11ClF3N5OS. The third-order valence-electron chi connectivity index (χ3n) is 3.74. The second kappa shape index (κ2) is 6.41.